The molecular formula is C16H30N4O. The van der Waals surface area contributed by atoms with Crippen molar-refractivity contribution in [2.45, 2.75) is 59.4 Å². The molecule has 0 aromatic carbocycles. The number of hydrogen-bond donors (Lipinski definition) is 2. The van der Waals surface area contributed by atoms with Crippen LogP contribution in [0, 0.1) is 19.8 Å². The summed E-state index contributed by atoms with van der Waals surface area (Å²) < 4.78 is 1.87. The van der Waals surface area contributed by atoms with E-state index in [0.29, 0.717) is 13.0 Å². The topological polar surface area (TPSA) is 72.9 Å². The number of aromatic nitrogens is 2. The van der Waals surface area contributed by atoms with E-state index in [1.807, 2.05) is 32.5 Å². The van der Waals surface area contributed by atoms with Gasteiger partial charge >= 0.3 is 0 Å². The van der Waals surface area contributed by atoms with Crippen molar-refractivity contribution in [1.29, 1.82) is 0 Å². The minimum Gasteiger partial charge on any atom is -0.349 e. The molecule has 0 aliphatic carbocycles. The van der Waals surface area contributed by atoms with E-state index in [1.165, 1.54) is 5.56 Å². The Balaban J connectivity index is 2.79. The Morgan fingerprint density at radius 3 is 2.33 bits per heavy atom. The summed E-state index contributed by atoms with van der Waals surface area (Å²) in [4.78, 5) is 12.5. The lowest BCUT2D eigenvalue weighted by Gasteiger charge is -2.32. The quantitative estimate of drug-likeness (QED) is 0.806. The van der Waals surface area contributed by atoms with Crippen LogP contribution in [0.5, 0.6) is 0 Å². The third-order valence-electron chi connectivity index (χ3n) is 4.75. The van der Waals surface area contributed by atoms with E-state index < -0.39 is 0 Å². The average Bonchev–Trinajstić information content (AvgIpc) is 2.71. The van der Waals surface area contributed by atoms with Gasteiger partial charge in [-0.1, -0.05) is 20.8 Å². The molecule has 0 aliphatic rings. The summed E-state index contributed by atoms with van der Waals surface area (Å²) in [6.45, 7) is 10.6. The molecule has 21 heavy (non-hydrogen) atoms. The lowest BCUT2D eigenvalue weighted by atomic mass is 9.91. The number of aryl methyl sites for hydroxylation is 2. The molecule has 120 valence electrons. The third kappa shape index (κ3) is 3.84. The minimum atomic E-state index is -0.273. The molecule has 1 atom stereocenters. The van der Waals surface area contributed by atoms with E-state index >= 15 is 0 Å². The molecule has 1 amide bonds. The van der Waals surface area contributed by atoms with Crippen LogP contribution < -0.4 is 11.1 Å². The zero-order valence-electron chi connectivity index (χ0n) is 14.3. The van der Waals surface area contributed by atoms with Crippen molar-refractivity contribution >= 4 is 5.91 Å². The van der Waals surface area contributed by atoms with Crippen LogP contribution in [0.2, 0.25) is 0 Å². The van der Waals surface area contributed by atoms with Crippen LogP contribution in [-0.2, 0) is 18.3 Å². The molecule has 0 aliphatic heterocycles. The Bertz CT molecular complexity index is 480. The fraction of sp³-hybridized carbons (Fsp3) is 0.750. The van der Waals surface area contributed by atoms with Crippen LogP contribution in [0.1, 0.15) is 50.6 Å². The van der Waals surface area contributed by atoms with Crippen molar-refractivity contribution < 1.29 is 4.79 Å². The number of nitrogens with one attached hydrogen (secondary N) is 1. The van der Waals surface area contributed by atoms with Gasteiger partial charge in [0, 0.05) is 25.2 Å². The second-order valence-electron chi connectivity index (χ2n) is 6.06. The normalized spacial score (nSPS) is 13.3. The molecule has 0 saturated carbocycles. The van der Waals surface area contributed by atoms with Crippen LogP contribution in [-0.4, -0.2) is 27.8 Å². The summed E-state index contributed by atoms with van der Waals surface area (Å²) in [7, 11) is 1.93. The molecule has 0 spiro atoms. The zero-order chi connectivity index (χ0) is 16.2. The van der Waals surface area contributed by atoms with Gasteiger partial charge in [0.15, 0.2) is 0 Å². The van der Waals surface area contributed by atoms with Crippen LogP contribution in [0.3, 0.4) is 0 Å². The Hall–Kier alpha value is -1.36. The maximum atomic E-state index is 12.5. The average molecular weight is 294 g/mol. The van der Waals surface area contributed by atoms with Gasteiger partial charge in [-0.25, -0.2) is 0 Å². The van der Waals surface area contributed by atoms with Crippen molar-refractivity contribution in [1.82, 2.24) is 15.1 Å². The lowest BCUT2D eigenvalue weighted by molar-refractivity contribution is -0.126. The van der Waals surface area contributed by atoms with Crippen LogP contribution in [0.4, 0.5) is 0 Å². The third-order valence-corrected chi connectivity index (χ3v) is 4.75. The Morgan fingerprint density at radius 2 is 1.95 bits per heavy atom. The van der Waals surface area contributed by atoms with Gasteiger partial charge < -0.3 is 11.1 Å². The van der Waals surface area contributed by atoms with Gasteiger partial charge in [-0.15, -0.1) is 0 Å². The van der Waals surface area contributed by atoms with Crippen molar-refractivity contribution in [3.63, 3.8) is 0 Å². The fourth-order valence-corrected chi connectivity index (χ4v) is 2.66. The number of carbonyl (C=O) groups excluding carboxylic acids is 1. The predicted molar refractivity (Wildman–Crippen MR) is 86.1 cm³/mol. The summed E-state index contributed by atoms with van der Waals surface area (Å²) in [5.74, 6) is -0.0116. The maximum Gasteiger partial charge on any atom is 0.223 e. The highest BCUT2D eigenvalue weighted by molar-refractivity contribution is 5.79. The molecule has 5 heteroatoms. The molecule has 0 radical (unpaired) electrons. The van der Waals surface area contributed by atoms with E-state index in [2.05, 4.69) is 24.3 Å². The summed E-state index contributed by atoms with van der Waals surface area (Å²) in [5.41, 5.74) is 8.89. The Kier molecular flexibility index (Phi) is 5.96. The van der Waals surface area contributed by atoms with E-state index in [0.717, 1.165) is 24.2 Å². The number of rotatable bonds is 7. The van der Waals surface area contributed by atoms with Crippen LogP contribution in [0.15, 0.2) is 0 Å². The second kappa shape index (κ2) is 7.07. The first-order valence-corrected chi connectivity index (χ1v) is 7.81. The van der Waals surface area contributed by atoms with Gasteiger partial charge in [0.05, 0.1) is 11.2 Å². The van der Waals surface area contributed by atoms with Crippen LogP contribution >= 0.6 is 0 Å². The van der Waals surface area contributed by atoms with Crippen molar-refractivity contribution in [3.05, 3.63) is 17.0 Å². The Morgan fingerprint density at radius 1 is 1.38 bits per heavy atom. The van der Waals surface area contributed by atoms with Gasteiger partial charge in [0.2, 0.25) is 5.91 Å². The van der Waals surface area contributed by atoms with E-state index in [4.69, 9.17) is 5.73 Å². The molecule has 1 rings (SSSR count). The molecule has 0 bridgehead atoms. The van der Waals surface area contributed by atoms with Gasteiger partial charge in [-0.3, -0.25) is 9.48 Å². The summed E-state index contributed by atoms with van der Waals surface area (Å²) >= 11 is 0. The first-order chi connectivity index (χ1) is 9.80. The van der Waals surface area contributed by atoms with Crippen molar-refractivity contribution in [3.8, 4) is 0 Å². The van der Waals surface area contributed by atoms with E-state index in [9.17, 15) is 4.79 Å². The number of hydrogen-bond acceptors (Lipinski definition) is 3. The molecule has 3 N–H and O–H groups in total. The monoisotopic (exact) mass is 294 g/mol. The second-order valence-corrected chi connectivity index (χ2v) is 6.06. The smallest absolute Gasteiger partial charge is 0.223 e. The number of nitrogens with zero attached hydrogens (tertiary/aromatic N) is 2. The SMILES string of the molecule is CCC(CC)(CN)NC(=O)C(C)Cc1c(C)nn(C)c1C. The molecule has 1 aromatic heterocycles. The van der Waals surface area contributed by atoms with Gasteiger partial charge in [0.25, 0.3) is 0 Å². The zero-order valence-corrected chi connectivity index (χ0v) is 14.3. The van der Waals surface area contributed by atoms with Gasteiger partial charge in [0.1, 0.15) is 0 Å². The molecule has 1 heterocycles. The lowest BCUT2D eigenvalue weighted by Crippen LogP contribution is -2.54. The predicted octanol–water partition coefficient (Wildman–Crippen LogP) is 1.85. The van der Waals surface area contributed by atoms with Gasteiger partial charge in [-0.05, 0) is 38.7 Å². The molecule has 0 saturated heterocycles. The van der Waals surface area contributed by atoms with Crippen molar-refractivity contribution in [2.75, 3.05) is 6.54 Å². The fourth-order valence-electron chi connectivity index (χ4n) is 2.66. The highest BCUT2D eigenvalue weighted by Gasteiger charge is 2.29. The van der Waals surface area contributed by atoms with Gasteiger partial charge in [-0.2, -0.15) is 5.10 Å². The Labute approximate surface area is 128 Å². The molecule has 1 unspecified atom stereocenters. The standard InChI is InChI=1S/C16H30N4O/c1-7-16(8-2,10-17)18-15(21)11(3)9-14-12(4)19-20(6)13(14)5/h11H,7-10,17H2,1-6H3,(H,18,21). The van der Waals surface area contributed by atoms with E-state index in [-0.39, 0.29) is 17.4 Å². The number of nitrogens with two attached hydrogens (primary N) is 1. The highest BCUT2D eigenvalue weighted by atomic mass is 16.2. The van der Waals surface area contributed by atoms with Crippen molar-refractivity contribution in [2.24, 2.45) is 18.7 Å². The first-order valence-electron chi connectivity index (χ1n) is 7.81. The molecule has 0 fully saturated rings. The summed E-state index contributed by atoms with van der Waals surface area (Å²) in [5, 5.41) is 7.57. The summed E-state index contributed by atoms with van der Waals surface area (Å²) in [6.07, 6.45) is 2.41. The maximum absolute atomic E-state index is 12.5. The number of carbonyl (C=O) groups is 1. The number of amides is 1. The van der Waals surface area contributed by atoms with E-state index in [1.54, 1.807) is 0 Å². The first kappa shape index (κ1) is 17.7. The van der Waals surface area contributed by atoms with Crippen LogP contribution in [0.25, 0.3) is 0 Å². The summed E-state index contributed by atoms with van der Waals surface area (Å²) in [6, 6.07) is 0. The molecular weight excluding hydrogens is 264 g/mol. The molecule has 1 aromatic rings. The molecule has 5 nitrogen and oxygen atoms in total. The highest BCUT2D eigenvalue weighted by Crippen LogP contribution is 2.19. The largest absolute Gasteiger partial charge is 0.349 e. The minimum absolute atomic E-state index is 0.0757.